The summed E-state index contributed by atoms with van der Waals surface area (Å²) in [7, 11) is 0. The fourth-order valence-electron chi connectivity index (χ4n) is 7.22. The third-order valence-electron chi connectivity index (χ3n) is 10.0. The monoisotopic (exact) mass is 702 g/mol. The van der Waals surface area contributed by atoms with Crippen LogP contribution in [0.5, 0.6) is 5.75 Å². The topological polar surface area (TPSA) is 46.2 Å². The van der Waals surface area contributed by atoms with Crippen molar-refractivity contribution in [2.75, 3.05) is 13.2 Å². The summed E-state index contributed by atoms with van der Waals surface area (Å²) in [5.41, 5.74) is 9.13. The van der Waals surface area contributed by atoms with Crippen LogP contribution in [-0.2, 0) is 51.6 Å². The van der Waals surface area contributed by atoms with E-state index in [-0.39, 0.29) is 30.3 Å². The van der Waals surface area contributed by atoms with Gasteiger partial charge < -0.3 is 23.7 Å². The lowest BCUT2D eigenvalue weighted by molar-refractivity contribution is -0.222. The fourth-order valence-corrected chi connectivity index (χ4v) is 7.50. The first-order valence-electron chi connectivity index (χ1n) is 18.2. The average molecular weight is 703 g/mol. The van der Waals surface area contributed by atoms with Crippen molar-refractivity contribution in [2.45, 2.75) is 83.3 Å². The number of aryl methyl sites for hydroxylation is 1. The zero-order chi connectivity index (χ0) is 35.0. The highest BCUT2D eigenvalue weighted by Crippen LogP contribution is 2.49. The lowest BCUT2D eigenvalue weighted by atomic mass is 9.86. The summed E-state index contributed by atoms with van der Waals surface area (Å²) in [6.45, 7) is 6.72. The first kappa shape index (κ1) is 35.4. The molecular weight excluding hydrogens is 656 g/mol. The zero-order valence-electron chi connectivity index (χ0n) is 29.5. The Labute approximate surface area is 307 Å². The van der Waals surface area contributed by atoms with Gasteiger partial charge in [-0.25, -0.2) is 0 Å². The zero-order valence-corrected chi connectivity index (χ0v) is 30.3. The van der Waals surface area contributed by atoms with Gasteiger partial charge in [0.15, 0.2) is 0 Å². The molecule has 2 aliphatic heterocycles. The summed E-state index contributed by atoms with van der Waals surface area (Å²) in [5.74, 6) is 0.962. The SMILES string of the molecule is CCc1ccc(Cc2cc(C3CC(OCc4ccccc4)[C@H](OCc4ccccc4)C(COCc4ccccc4)O3)c3c(c2Cl)OCC3C)cc1. The van der Waals surface area contributed by atoms with Gasteiger partial charge in [0, 0.05) is 17.9 Å². The van der Waals surface area contributed by atoms with Crippen LogP contribution in [0.4, 0.5) is 0 Å². The third-order valence-corrected chi connectivity index (χ3v) is 10.4. The van der Waals surface area contributed by atoms with E-state index >= 15 is 0 Å². The minimum Gasteiger partial charge on any atom is -0.491 e. The molecule has 0 radical (unpaired) electrons. The van der Waals surface area contributed by atoms with Gasteiger partial charge >= 0.3 is 0 Å². The summed E-state index contributed by atoms with van der Waals surface area (Å²) in [5, 5.41) is 0.692. The van der Waals surface area contributed by atoms with Gasteiger partial charge in [-0.05, 0) is 51.8 Å². The molecule has 5 aromatic carbocycles. The van der Waals surface area contributed by atoms with Crippen LogP contribution in [-0.4, -0.2) is 31.5 Å². The maximum absolute atomic E-state index is 7.13. The van der Waals surface area contributed by atoms with Crippen LogP contribution in [0.1, 0.15) is 76.8 Å². The molecule has 1 fully saturated rings. The first-order valence-corrected chi connectivity index (χ1v) is 18.6. The number of hydrogen-bond donors (Lipinski definition) is 0. The lowest BCUT2D eigenvalue weighted by Crippen LogP contribution is -2.50. The Morgan fingerprint density at radius 3 is 1.92 bits per heavy atom. The molecule has 1 saturated heterocycles. The highest BCUT2D eigenvalue weighted by Gasteiger charge is 2.43. The van der Waals surface area contributed by atoms with E-state index in [1.807, 2.05) is 54.6 Å². The highest BCUT2D eigenvalue weighted by molar-refractivity contribution is 6.33. The van der Waals surface area contributed by atoms with E-state index in [9.17, 15) is 0 Å². The molecular formula is C45H47ClO5. The maximum atomic E-state index is 7.13. The van der Waals surface area contributed by atoms with Gasteiger partial charge in [-0.15, -0.1) is 0 Å². The van der Waals surface area contributed by atoms with Gasteiger partial charge in [-0.3, -0.25) is 0 Å². The van der Waals surface area contributed by atoms with Gasteiger partial charge in [-0.1, -0.05) is 147 Å². The number of halogens is 1. The van der Waals surface area contributed by atoms with Gasteiger partial charge in [0.2, 0.25) is 0 Å². The second kappa shape index (κ2) is 17.0. The van der Waals surface area contributed by atoms with E-state index in [0.29, 0.717) is 50.9 Å². The predicted molar refractivity (Wildman–Crippen MR) is 202 cm³/mol. The molecule has 6 heteroatoms. The summed E-state index contributed by atoms with van der Waals surface area (Å²) in [6.07, 6.45) is 1.06. The molecule has 2 heterocycles. The molecule has 7 rings (SSSR count). The minimum atomic E-state index is -0.383. The second-order valence-electron chi connectivity index (χ2n) is 13.7. The molecule has 2 aliphatic rings. The molecule has 5 aromatic rings. The largest absolute Gasteiger partial charge is 0.491 e. The summed E-state index contributed by atoms with van der Waals surface area (Å²) in [6, 6.07) is 41.9. The summed E-state index contributed by atoms with van der Waals surface area (Å²) in [4.78, 5) is 0. The van der Waals surface area contributed by atoms with Crippen molar-refractivity contribution in [1.82, 2.24) is 0 Å². The summed E-state index contributed by atoms with van der Waals surface area (Å²) < 4.78 is 33.4. The molecule has 4 unspecified atom stereocenters. The van der Waals surface area contributed by atoms with Crippen LogP contribution in [0.15, 0.2) is 121 Å². The first-order chi connectivity index (χ1) is 25.1. The van der Waals surface area contributed by atoms with Crippen LogP contribution in [0, 0.1) is 0 Å². The van der Waals surface area contributed by atoms with Crippen molar-refractivity contribution < 1.29 is 23.7 Å². The van der Waals surface area contributed by atoms with Gasteiger partial charge in [0.25, 0.3) is 0 Å². The van der Waals surface area contributed by atoms with E-state index in [1.54, 1.807) is 0 Å². The normalized spacial score (nSPS) is 21.3. The molecule has 0 saturated carbocycles. The Hall–Kier alpha value is -3.97. The molecule has 0 amide bonds. The second-order valence-corrected chi connectivity index (χ2v) is 14.1. The van der Waals surface area contributed by atoms with Crippen molar-refractivity contribution in [3.8, 4) is 5.75 Å². The van der Waals surface area contributed by atoms with Crippen molar-refractivity contribution in [3.05, 3.63) is 171 Å². The highest BCUT2D eigenvalue weighted by atomic mass is 35.5. The van der Waals surface area contributed by atoms with E-state index in [4.69, 9.17) is 35.3 Å². The molecule has 51 heavy (non-hydrogen) atoms. The van der Waals surface area contributed by atoms with Gasteiger partial charge in [0.05, 0.1) is 50.3 Å². The van der Waals surface area contributed by atoms with E-state index < -0.39 is 0 Å². The third kappa shape index (κ3) is 8.74. The van der Waals surface area contributed by atoms with Crippen molar-refractivity contribution >= 4 is 11.6 Å². The lowest BCUT2D eigenvalue weighted by Gasteiger charge is -2.42. The van der Waals surface area contributed by atoms with Crippen LogP contribution in [0.2, 0.25) is 5.02 Å². The Morgan fingerprint density at radius 2 is 1.29 bits per heavy atom. The van der Waals surface area contributed by atoms with Crippen LogP contribution >= 0.6 is 11.6 Å². The molecule has 5 atom stereocenters. The number of fused-ring (bicyclic) bond motifs is 1. The number of ether oxygens (including phenoxy) is 5. The van der Waals surface area contributed by atoms with Crippen molar-refractivity contribution in [2.24, 2.45) is 0 Å². The van der Waals surface area contributed by atoms with E-state index in [2.05, 4.69) is 80.6 Å². The molecule has 5 nitrogen and oxygen atoms in total. The predicted octanol–water partition coefficient (Wildman–Crippen LogP) is 10.2. The van der Waals surface area contributed by atoms with Crippen LogP contribution < -0.4 is 4.74 Å². The smallest absolute Gasteiger partial charge is 0.142 e. The molecule has 0 aliphatic carbocycles. The minimum absolute atomic E-state index is 0.178. The fraction of sp³-hybridized carbons (Fsp3) is 0.333. The Bertz CT molecular complexity index is 1830. The standard InChI is InChI=1S/C45H47ClO5/c1-3-32-19-21-33(22-20-32)23-37-24-38(42-31(2)26-49-45(42)43(37)46)39-25-40(48-28-35-15-9-5-10-16-35)44(50-29-36-17-11-6-12-18-36)41(51-39)30-47-27-34-13-7-4-8-14-34/h4-22,24,31,39-41,44H,3,23,25-30H2,1-2H3/t31?,39?,40?,41?,44-/m0/s1. The Kier molecular flexibility index (Phi) is 11.8. The maximum Gasteiger partial charge on any atom is 0.142 e. The number of benzene rings is 5. The van der Waals surface area contributed by atoms with Crippen LogP contribution in [0.25, 0.3) is 0 Å². The quantitative estimate of drug-likeness (QED) is 0.115. The summed E-state index contributed by atoms with van der Waals surface area (Å²) >= 11 is 7.13. The van der Waals surface area contributed by atoms with Crippen molar-refractivity contribution in [1.29, 1.82) is 0 Å². The van der Waals surface area contributed by atoms with E-state index in [0.717, 1.165) is 45.6 Å². The molecule has 0 spiro atoms. The average Bonchev–Trinajstić information content (AvgIpc) is 3.57. The molecule has 264 valence electrons. The molecule has 0 aromatic heterocycles. The van der Waals surface area contributed by atoms with Gasteiger partial charge in [0.1, 0.15) is 18.0 Å². The molecule has 0 N–H and O–H groups in total. The Balaban J connectivity index is 1.22. The Morgan fingerprint density at radius 1 is 0.706 bits per heavy atom. The van der Waals surface area contributed by atoms with E-state index in [1.165, 1.54) is 11.1 Å². The number of hydrogen-bond acceptors (Lipinski definition) is 5. The molecule has 0 bridgehead atoms. The van der Waals surface area contributed by atoms with Crippen LogP contribution in [0.3, 0.4) is 0 Å². The number of rotatable bonds is 14. The van der Waals surface area contributed by atoms with Crippen molar-refractivity contribution in [3.63, 3.8) is 0 Å². The van der Waals surface area contributed by atoms with Gasteiger partial charge in [-0.2, -0.15) is 0 Å².